The van der Waals surface area contributed by atoms with Gasteiger partial charge in [-0.3, -0.25) is 4.79 Å². The summed E-state index contributed by atoms with van der Waals surface area (Å²) in [5, 5.41) is 2.18. The lowest BCUT2D eigenvalue weighted by Crippen LogP contribution is -2.22. The molecular formula is C18H24ClNO3. The molecule has 5 heteroatoms. The molecule has 126 valence electrons. The van der Waals surface area contributed by atoms with Gasteiger partial charge >= 0.3 is 5.97 Å². The number of fused-ring (bicyclic) bond motifs is 1. The highest BCUT2D eigenvalue weighted by molar-refractivity contribution is 5.86. The number of halogens is 1. The Labute approximate surface area is 143 Å². The second-order valence-electron chi connectivity index (χ2n) is 5.66. The molecule has 1 unspecified atom stereocenters. The minimum Gasteiger partial charge on any atom is -0.497 e. The quantitative estimate of drug-likeness (QED) is 0.756. The number of benzene rings is 2. The van der Waals surface area contributed by atoms with Crippen LogP contribution in [0.5, 0.6) is 5.75 Å². The van der Waals surface area contributed by atoms with Gasteiger partial charge in [0.2, 0.25) is 0 Å². The van der Waals surface area contributed by atoms with Crippen LogP contribution in [0.15, 0.2) is 36.4 Å². The summed E-state index contributed by atoms with van der Waals surface area (Å²) in [6, 6.07) is 11.9. The van der Waals surface area contributed by atoms with Crippen LogP contribution < -0.4 is 4.74 Å². The SMILES string of the molecule is COc1ccc2cc(C(C)C(=O)OCCN(C)C)ccc2c1.Cl. The predicted molar refractivity (Wildman–Crippen MR) is 95.7 cm³/mol. The van der Waals surface area contributed by atoms with Gasteiger partial charge < -0.3 is 14.4 Å². The molecule has 0 aromatic heterocycles. The van der Waals surface area contributed by atoms with E-state index in [-0.39, 0.29) is 24.3 Å². The molecule has 0 heterocycles. The van der Waals surface area contributed by atoms with Crippen molar-refractivity contribution in [3.63, 3.8) is 0 Å². The summed E-state index contributed by atoms with van der Waals surface area (Å²) in [4.78, 5) is 14.1. The molecule has 0 aliphatic heterocycles. The van der Waals surface area contributed by atoms with Crippen molar-refractivity contribution < 1.29 is 14.3 Å². The van der Waals surface area contributed by atoms with E-state index < -0.39 is 0 Å². The molecular weight excluding hydrogens is 314 g/mol. The van der Waals surface area contributed by atoms with E-state index in [1.165, 1.54) is 0 Å². The van der Waals surface area contributed by atoms with E-state index >= 15 is 0 Å². The van der Waals surface area contributed by atoms with Gasteiger partial charge in [-0.1, -0.05) is 24.3 Å². The molecule has 0 bridgehead atoms. The highest BCUT2D eigenvalue weighted by Gasteiger charge is 2.17. The van der Waals surface area contributed by atoms with Crippen LogP contribution >= 0.6 is 12.4 Å². The van der Waals surface area contributed by atoms with Gasteiger partial charge in [0, 0.05) is 6.54 Å². The minimum atomic E-state index is -0.270. The first-order valence-electron chi connectivity index (χ1n) is 7.40. The summed E-state index contributed by atoms with van der Waals surface area (Å²) in [6.07, 6.45) is 0. The Balaban J connectivity index is 0.00000264. The van der Waals surface area contributed by atoms with Crippen molar-refractivity contribution >= 4 is 29.1 Å². The molecule has 0 aliphatic rings. The van der Waals surface area contributed by atoms with E-state index in [0.717, 1.165) is 28.6 Å². The zero-order chi connectivity index (χ0) is 16.1. The Morgan fingerprint density at radius 3 is 2.43 bits per heavy atom. The Kier molecular flexibility index (Phi) is 7.33. The molecule has 1 atom stereocenters. The predicted octanol–water partition coefficient (Wildman–Crippen LogP) is 3.48. The van der Waals surface area contributed by atoms with E-state index in [4.69, 9.17) is 9.47 Å². The van der Waals surface area contributed by atoms with E-state index in [2.05, 4.69) is 0 Å². The Bertz CT molecular complexity index is 658. The lowest BCUT2D eigenvalue weighted by Gasteiger charge is -2.14. The smallest absolute Gasteiger partial charge is 0.313 e. The van der Waals surface area contributed by atoms with Crippen LogP contribution in [0.4, 0.5) is 0 Å². The maximum atomic E-state index is 12.1. The fourth-order valence-corrected chi connectivity index (χ4v) is 2.23. The zero-order valence-electron chi connectivity index (χ0n) is 14.0. The fourth-order valence-electron chi connectivity index (χ4n) is 2.23. The third-order valence-electron chi connectivity index (χ3n) is 3.71. The van der Waals surface area contributed by atoms with Crippen molar-refractivity contribution in [2.24, 2.45) is 0 Å². The summed E-state index contributed by atoms with van der Waals surface area (Å²) in [5.74, 6) is 0.375. The van der Waals surface area contributed by atoms with Crippen LogP contribution in [-0.2, 0) is 9.53 Å². The average molecular weight is 338 g/mol. The van der Waals surface area contributed by atoms with Crippen molar-refractivity contribution in [3.8, 4) is 5.75 Å². The van der Waals surface area contributed by atoms with Gasteiger partial charge in [0.25, 0.3) is 0 Å². The van der Waals surface area contributed by atoms with Crippen molar-refractivity contribution in [1.82, 2.24) is 4.90 Å². The number of methoxy groups -OCH3 is 1. The van der Waals surface area contributed by atoms with Crippen LogP contribution in [0.3, 0.4) is 0 Å². The van der Waals surface area contributed by atoms with Gasteiger partial charge in [-0.25, -0.2) is 0 Å². The Morgan fingerprint density at radius 1 is 1.13 bits per heavy atom. The molecule has 2 aromatic rings. The summed E-state index contributed by atoms with van der Waals surface area (Å²) < 4.78 is 10.5. The standard InChI is InChI=1S/C18H23NO3.ClH/c1-13(18(20)22-10-9-19(2)3)14-5-6-16-12-17(21-4)8-7-15(16)11-14;/h5-8,11-13H,9-10H2,1-4H3;1H. The monoisotopic (exact) mass is 337 g/mol. The molecule has 0 N–H and O–H groups in total. The highest BCUT2D eigenvalue weighted by Crippen LogP contribution is 2.25. The third kappa shape index (κ3) is 5.12. The lowest BCUT2D eigenvalue weighted by molar-refractivity contribution is -0.145. The van der Waals surface area contributed by atoms with Gasteiger partial charge in [0.05, 0.1) is 13.0 Å². The van der Waals surface area contributed by atoms with E-state index in [1.54, 1.807) is 7.11 Å². The van der Waals surface area contributed by atoms with Crippen molar-refractivity contribution in [2.75, 3.05) is 34.4 Å². The van der Waals surface area contributed by atoms with E-state index in [1.807, 2.05) is 62.3 Å². The summed E-state index contributed by atoms with van der Waals surface area (Å²) >= 11 is 0. The van der Waals surface area contributed by atoms with Gasteiger partial charge in [0.15, 0.2) is 0 Å². The zero-order valence-corrected chi connectivity index (χ0v) is 14.9. The third-order valence-corrected chi connectivity index (χ3v) is 3.71. The number of nitrogens with zero attached hydrogens (tertiary/aromatic N) is 1. The molecule has 0 spiro atoms. The van der Waals surface area contributed by atoms with Gasteiger partial charge in [-0.15, -0.1) is 12.4 Å². The molecule has 23 heavy (non-hydrogen) atoms. The number of esters is 1. The Hall–Kier alpha value is -1.78. The van der Waals surface area contributed by atoms with Gasteiger partial charge in [0.1, 0.15) is 12.4 Å². The van der Waals surface area contributed by atoms with E-state index in [0.29, 0.717) is 6.61 Å². The number of likely N-dealkylation sites (N-methyl/N-ethyl adjacent to an activating group) is 1. The number of hydrogen-bond donors (Lipinski definition) is 0. The van der Waals surface area contributed by atoms with Crippen LogP contribution in [0.2, 0.25) is 0 Å². The molecule has 0 saturated heterocycles. The molecule has 0 saturated carbocycles. The molecule has 0 aliphatic carbocycles. The normalized spacial score (nSPS) is 11.9. The second kappa shape index (κ2) is 8.75. The number of carbonyl (C=O) groups is 1. The topological polar surface area (TPSA) is 38.8 Å². The second-order valence-corrected chi connectivity index (χ2v) is 5.66. The fraction of sp³-hybridized carbons (Fsp3) is 0.389. The van der Waals surface area contributed by atoms with E-state index in [9.17, 15) is 4.79 Å². The maximum Gasteiger partial charge on any atom is 0.313 e. The van der Waals surface area contributed by atoms with Crippen LogP contribution in [0.1, 0.15) is 18.4 Å². The highest BCUT2D eigenvalue weighted by atomic mass is 35.5. The summed E-state index contributed by atoms with van der Waals surface area (Å²) in [7, 11) is 5.56. The molecule has 0 radical (unpaired) electrons. The number of hydrogen-bond acceptors (Lipinski definition) is 4. The largest absolute Gasteiger partial charge is 0.497 e. The average Bonchev–Trinajstić information content (AvgIpc) is 2.52. The summed E-state index contributed by atoms with van der Waals surface area (Å²) in [5.41, 5.74) is 0.965. The summed E-state index contributed by atoms with van der Waals surface area (Å²) in [6.45, 7) is 3.03. The lowest BCUT2D eigenvalue weighted by atomic mass is 9.98. The molecule has 0 fully saturated rings. The number of ether oxygens (including phenoxy) is 2. The van der Waals surface area contributed by atoms with Crippen LogP contribution in [0, 0.1) is 0 Å². The first-order chi connectivity index (χ1) is 10.5. The van der Waals surface area contributed by atoms with Gasteiger partial charge in [-0.2, -0.15) is 0 Å². The number of rotatable bonds is 6. The Morgan fingerprint density at radius 2 is 1.78 bits per heavy atom. The number of carbonyl (C=O) groups excluding carboxylic acids is 1. The van der Waals surface area contributed by atoms with Crippen LogP contribution in [0.25, 0.3) is 10.8 Å². The molecule has 2 rings (SSSR count). The first-order valence-corrected chi connectivity index (χ1v) is 7.40. The van der Waals surface area contributed by atoms with Crippen LogP contribution in [-0.4, -0.2) is 45.2 Å². The molecule has 4 nitrogen and oxygen atoms in total. The minimum absolute atomic E-state index is 0. The van der Waals surface area contributed by atoms with Gasteiger partial charge in [-0.05, 0) is 49.5 Å². The van der Waals surface area contributed by atoms with Crippen molar-refractivity contribution in [1.29, 1.82) is 0 Å². The maximum absolute atomic E-state index is 12.1. The molecule has 0 amide bonds. The molecule has 2 aromatic carbocycles. The van der Waals surface area contributed by atoms with Crippen molar-refractivity contribution in [2.45, 2.75) is 12.8 Å². The van der Waals surface area contributed by atoms with Crippen molar-refractivity contribution in [3.05, 3.63) is 42.0 Å². The first kappa shape index (κ1) is 19.3.